The molecule has 6 heteroatoms. The molecule has 2 rings (SSSR count). The predicted molar refractivity (Wildman–Crippen MR) is 99.7 cm³/mol. The summed E-state index contributed by atoms with van der Waals surface area (Å²) in [4.78, 5) is 28.2. The van der Waals surface area contributed by atoms with Crippen molar-refractivity contribution in [3.8, 4) is 5.75 Å². The molecule has 2 amide bonds. The molecule has 0 saturated heterocycles. The van der Waals surface area contributed by atoms with Crippen molar-refractivity contribution >= 4 is 11.8 Å². The van der Waals surface area contributed by atoms with Crippen LogP contribution in [0.5, 0.6) is 5.75 Å². The van der Waals surface area contributed by atoms with Crippen molar-refractivity contribution in [1.82, 2.24) is 15.6 Å². The molecule has 6 nitrogen and oxygen atoms in total. The Bertz CT molecular complexity index is 715. The van der Waals surface area contributed by atoms with Gasteiger partial charge in [0.25, 0.3) is 0 Å². The number of carbonyl (C=O) groups is 2. The molecule has 0 spiro atoms. The first-order chi connectivity index (χ1) is 12.5. The van der Waals surface area contributed by atoms with E-state index < -0.39 is 11.8 Å². The number of aromatic nitrogens is 1. The van der Waals surface area contributed by atoms with Gasteiger partial charge in [-0.2, -0.15) is 0 Å². The molecule has 0 saturated carbocycles. The number of hydrogen-bond donors (Lipinski definition) is 2. The summed E-state index contributed by atoms with van der Waals surface area (Å²) >= 11 is 0. The zero-order valence-corrected chi connectivity index (χ0v) is 15.4. The Kier molecular flexibility index (Phi) is 7.14. The lowest BCUT2D eigenvalue weighted by Gasteiger charge is -2.21. The van der Waals surface area contributed by atoms with E-state index in [0.717, 1.165) is 16.9 Å². The molecule has 0 fully saturated rings. The predicted octanol–water partition coefficient (Wildman–Crippen LogP) is 2.26. The number of ether oxygens (including phenoxy) is 1. The average molecular weight is 355 g/mol. The molecule has 1 aromatic heterocycles. The Morgan fingerprint density at radius 2 is 1.77 bits per heavy atom. The Morgan fingerprint density at radius 1 is 1.08 bits per heavy atom. The highest BCUT2D eigenvalue weighted by atomic mass is 16.5. The first-order valence-corrected chi connectivity index (χ1v) is 8.60. The Morgan fingerprint density at radius 3 is 2.35 bits per heavy atom. The van der Waals surface area contributed by atoms with Gasteiger partial charge in [-0.3, -0.25) is 14.6 Å². The third-order valence-electron chi connectivity index (χ3n) is 4.22. The maximum Gasteiger partial charge on any atom is 0.309 e. The molecule has 2 aromatic rings. The average Bonchev–Trinajstić information content (AvgIpc) is 2.67. The van der Waals surface area contributed by atoms with Crippen LogP contribution in [-0.4, -0.2) is 30.5 Å². The number of rotatable bonds is 7. The number of nitrogens with one attached hydrogen (secondary N) is 2. The van der Waals surface area contributed by atoms with Crippen molar-refractivity contribution in [1.29, 1.82) is 0 Å². The van der Waals surface area contributed by atoms with Gasteiger partial charge in [0.15, 0.2) is 0 Å². The molecule has 0 bridgehead atoms. The highest BCUT2D eigenvalue weighted by Gasteiger charge is 2.19. The maximum absolute atomic E-state index is 12.1. The fraction of sp³-hybridized carbons (Fsp3) is 0.350. The van der Waals surface area contributed by atoms with E-state index in [1.165, 1.54) is 0 Å². The summed E-state index contributed by atoms with van der Waals surface area (Å²) in [6, 6.07) is 11.1. The molecule has 26 heavy (non-hydrogen) atoms. The van der Waals surface area contributed by atoms with Crippen molar-refractivity contribution < 1.29 is 14.3 Å². The van der Waals surface area contributed by atoms with E-state index in [1.807, 2.05) is 36.4 Å². The van der Waals surface area contributed by atoms with Gasteiger partial charge in [-0.1, -0.05) is 32.0 Å². The summed E-state index contributed by atoms with van der Waals surface area (Å²) in [5, 5.41) is 5.34. The lowest BCUT2D eigenvalue weighted by atomic mass is 9.89. The van der Waals surface area contributed by atoms with Crippen LogP contribution < -0.4 is 15.4 Å². The molecule has 1 unspecified atom stereocenters. The normalized spacial score (nSPS) is 11.7. The lowest BCUT2D eigenvalue weighted by Crippen LogP contribution is -2.41. The Labute approximate surface area is 154 Å². The van der Waals surface area contributed by atoms with Crippen LogP contribution in [0.15, 0.2) is 48.8 Å². The maximum atomic E-state index is 12.1. The zero-order chi connectivity index (χ0) is 18.9. The van der Waals surface area contributed by atoms with Crippen LogP contribution in [0.25, 0.3) is 0 Å². The van der Waals surface area contributed by atoms with Crippen molar-refractivity contribution in [2.75, 3.05) is 13.7 Å². The first kappa shape index (κ1) is 19.4. The van der Waals surface area contributed by atoms with Crippen LogP contribution in [-0.2, 0) is 16.1 Å². The van der Waals surface area contributed by atoms with Crippen molar-refractivity contribution in [2.24, 2.45) is 5.92 Å². The number of benzene rings is 1. The van der Waals surface area contributed by atoms with Crippen LogP contribution in [0, 0.1) is 5.92 Å². The fourth-order valence-electron chi connectivity index (χ4n) is 2.62. The van der Waals surface area contributed by atoms with Gasteiger partial charge in [-0.25, -0.2) is 0 Å². The van der Waals surface area contributed by atoms with Gasteiger partial charge in [0.05, 0.1) is 7.11 Å². The van der Waals surface area contributed by atoms with E-state index in [2.05, 4.69) is 29.5 Å². The van der Waals surface area contributed by atoms with Crippen LogP contribution in [0.1, 0.15) is 30.9 Å². The molecule has 0 aliphatic rings. The van der Waals surface area contributed by atoms with Crippen molar-refractivity contribution in [2.45, 2.75) is 26.3 Å². The summed E-state index contributed by atoms with van der Waals surface area (Å²) < 4.78 is 5.09. The summed E-state index contributed by atoms with van der Waals surface area (Å²) in [7, 11) is 1.59. The fourth-order valence-corrected chi connectivity index (χ4v) is 2.62. The van der Waals surface area contributed by atoms with Crippen LogP contribution in [0.4, 0.5) is 0 Å². The smallest absolute Gasteiger partial charge is 0.309 e. The second-order valence-corrected chi connectivity index (χ2v) is 6.38. The number of hydrogen-bond acceptors (Lipinski definition) is 4. The second-order valence-electron chi connectivity index (χ2n) is 6.38. The number of pyridine rings is 1. The monoisotopic (exact) mass is 355 g/mol. The highest BCUT2D eigenvalue weighted by molar-refractivity contribution is 6.35. The first-order valence-electron chi connectivity index (χ1n) is 8.60. The minimum atomic E-state index is -0.644. The standard InChI is InChI=1S/C20H25N3O3/c1-14(2)18(16-5-4-10-21-12-16)13-23-20(25)19(24)22-11-15-6-8-17(26-3)9-7-15/h4-10,12,14,18H,11,13H2,1-3H3,(H,22,24)(H,23,25). The molecule has 0 aliphatic heterocycles. The molecule has 0 aliphatic carbocycles. The third kappa shape index (κ3) is 5.58. The molecule has 1 atom stereocenters. The summed E-state index contributed by atoms with van der Waals surface area (Å²) in [5.41, 5.74) is 1.93. The van der Waals surface area contributed by atoms with E-state index in [4.69, 9.17) is 4.74 Å². The van der Waals surface area contributed by atoms with Crippen molar-refractivity contribution in [3.05, 3.63) is 59.9 Å². The van der Waals surface area contributed by atoms with Gasteiger partial charge in [0.2, 0.25) is 0 Å². The molecular formula is C20H25N3O3. The van der Waals surface area contributed by atoms with E-state index in [0.29, 0.717) is 12.5 Å². The van der Waals surface area contributed by atoms with E-state index in [-0.39, 0.29) is 12.5 Å². The summed E-state index contributed by atoms with van der Waals surface area (Å²) in [5.74, 6) is -0.126. The van der Waals surface area contributed by atoms with E-state index in [9.17, 15) is 9.59 Å². The molecule has 2 N–H and O–H groups in total. The third-order valence-corrected chi connectivity index (χ3v) is 4.22. The van der Waals surface area contributed by atoms with E-state index in [1.54, 1.807) is 19.5 Å². The minimum absolute atomic E-state index is 0.0991. The van der Waals surface area contributed by atoms with Crippen molar-refractivity contribution in [3.63, 3.8) is 0 Å². The van der Waals surface area contributed by atoms with Gasteiger partial charge in [0.1, 0.15) is 5.75 Å². The quantitative estimate of drug-likeness (QED) is 0.747. The molecule has 1 heterocycles. The van der Waals surface area contributed by atoms with Gasteiger partial charge in [-0.05, 0) is 35.2 Å². The molecule has 0 radical (unpaired) electrons. The Balaban J connectivity index is 1.84. The number of nitrogens with zero attached hydrogens (tertiary/aromatic N) is 1. The SMILES string of the molecule is COc1ccc(CNC(=O)C(=O)NCC(c2cccnc2)C(C)C)cc1. The van der Waals surface area contributed by atoms with Gasteiger partial charge in [0, 0.05) is 31.4 Å². The van der Waals surface area contributed by atoms with Crippen LogP contribution >= 0.6 is 0 Å². The summed E-state index contributed by atoms with van der Waals surface area (Å²) in [6.07, 6.45) is 3.51. The van der Waals surface area contributed by atoms with Crippen LogP contribution in [0.3, 0.4) is 0 Å². The van der Waals surface area contributed by atoms with Gasteiger partial charge in [-0.15, -0.1) is 0 Å². The van der Waals surface area contributed by atoms with Gasteiger partial charge < -0.3 is 15.4 Å². The number of methoxy groups -OCH3 is 1. The van der Waals surface area contributed by atoms with Crippen LogP contribution in [0.2, 0.25) is 0 Å². The zero-order valence-electron chi connectivity index (χ0n) is 15.4. The molecule has 138 valence electrons. The topological polar surface area (TPSA) is 80.3 Å². The summed E-state index contributed by atoms with van der Waals surface area (Å²) in [6.45, 7) is 4.83. The second kappa shape index (κ2) is 9.56. The van der Waals surface area contributed by atoms with E-state index >= 15 is 0 Å². The minimum Gasteiger partial charge on any atom is -0.497 e. The molecular weight excluding hydrogens is 330 g/mol. The highest BCUT2D eigenvalue weighted by Crippen LogP contribution is 2.22. The lowest BCUT2D eigenvalue weighted by molar-refractivity contribution is -0.139. The Hall–Kier alpha value is -2.89. The molecule has 1 aromatic carbocycles. The number of amides is 2. The van der Waals surface area contributed by atoms with Gasteiger partial charge >= 0.3 is 11.8 Å². The number of carbonyl (C=O) groups excluding carboxylic acids is 2. The largest absolute Gasteiger partial charge is 0.497 e.